The number of hydrogen-bond acceptors (Lipinski definition) is 7. The first-order valence-electron chi connectivity index (χ1n) is 14.8. The molecule has 15 nitrogen and oxygen atoms in total. The quantitative estimate of drug-likeness (QED) is 0.0780. The number of carboxylic acids is 2. The van der Waals surface area contributed by atoms with Crippen LogP contribution in [0.3, 0.4) is 0 Å². The Morgan fingerprint density at radius 1 is 0.702 bits per heavy atom. The summed E-state index contributed by atoms with van der Waals surface area (Å²) in [4.78, 5) is 76.9. The molecule has 47 heavy (non-hydrogen) atoms. The van der Waals surface area contributed by atoms with Crippen molar-refractivity contribution in [1.82, 2.24) is 35.9 Å². The molecule has 3 amide bonds. The van der Waals surface area contributed by atoms with Crippen LogP contribution in [-0.2, 0) is 43.2 Å². The lowest BCUT2D eigenvalue weighted by Gasteiger charge is -2.25. The van der Waals surface area contributed by atoms with Crippen molar-refractivity contribution in [3.8, 4) is 0 Å². The van der Waals surface area contributed by atoms with Crippen molar-refractivity contribution in [2.75, 3.05) is 0 Å². The Balaban J connectivity index is 1.43. The molecule has 0 aliphatic rings. The molecule has 0 fully saturated rings. The van der Waals surface area contributed by atoms with Gasteiger partial charge < -0.3 is 46.8 Å². The Hall–Kier alpha value is -5.96. The number of carboxylic acid groups (broad SMARTS) is 2. The Morgan fingerprint density at radius 3 is 1.70 bits per heavy atom. The number of H-pyrrole nitrogens is 3. The average molecular weight is 643 g/mol. The molecule has 0 radical (unpaired) electrons. The smallest absolute Gasteiger partial charge is 0.326 e. The van der Waals surface area contributed by atoms with E-state index in [1.54, 1.807) is 12.4 Å². The number of aliphatic carboxylic acids is 2. The van der Waals surface area contributed by atoms with Crippen molar-refractivity contribution in [2.24, 2.45) is 5.73 Å². The van der Waals surface area contributed by atoms with E-state index in [0.717, 1.165) is 21.8 Å². The Labute approximate surface area is 267 Å². The Bertz CT molecular complexity index is 1900. The fourth-order valence-electron chi connectivity index (χ4n) is 5.38. The Morgan fingerprint density at radius 2 is 1.21 bits per heavy atom. The van der Waals surface area contributed by atoms with Crippen LogP contribution < -0.4 is 21.7 Å². The molecule has 0 aliphatic heterocycles. The summed E-state index contributed by atoms with van der Waals surface area (Å²) >= 11 is 0. The minimum Gasteiger partial charge on any atom is -0.481 e. The lowest BCUT2D eigenvalue weighted by atomic mass is 10.0. The number of aromatic nitrogens is 4. The van der Waals surface area contributed by atoms with Gasteiger partial charge in [0.15, 0.2) is 0 Å². The first-order valence-corrected chi connectivity index (χ1v) is 14.8. The molecule has 5 aromatic rings. The number of nitrogens with one attached hydrogen (secondary N) is 6. The van der Waals surface area contributed by atoms with Crippen molar-refractivity contribution < 1.29 is 34.2 Å². The van der Waals surface area contributed by atoms with E-state index in [4.69, 9.17) is 10.8 Å². The maximum absolute atomic E-state index is 14.0. The fourth-order valence-corrected chi connectivity index (χ4v) is 5.38. The van der Waals surface area contributed by atoms with Gasteiger partial charge in [-0.05, 0) is 23.3 Å². The van der Waals surface area contributed by atoms with E-state index in [0.29, 0.717) is 16.8 Å². The van der Waals surface area contributed by atoms with E-state index in [9.17, 15) is 29.1 Å². The van der Waals surface area contributed by atoms with Gasteiger partial charge in [0.1, 0.15) is 18.1 Å². The zero-order valence-corrected chi connectivity index (χ0v) is 25.0. The molecule has 15 heteroatoms. The highest BCUT2D eigenvalue weighted by atomic mass is 16.4. The second-order valence-corrected chi connectivity index (χ2v) is 11.1. The molecule has 4 atom stereocenters. The summed E-state index contributed by atoms with van der Waals surface area (Å²) in [5.41, 5.74) is 9.24. The number of amides is 3. The van der Waals surface area contributed by atoms with Crippen LogP contribution in [0, 0.1) is 0 Å². The molecule has 3 aromatic heterocycles. The number of benzene rings is 2. The summed E-state index contributed by atoms with van der Waals surface area (Å²) in [6.45, 7) is 0. The number of aromatic amines is 3. The van der Waals surface area contributed by atoms with Gasteiger partial charge in [0.05, 0.1) is 18.8 Å². The van der Waals surface area contributed by atoms with Crippen molar-refractivity contribution in [1.29, 1.82) is 0 Å². The number of fused-ring (bicyclic) bond motifs is 2. The standard InChI is InChI=1S/C32H34N8O7/c33-22(12-28(41)42)29(43)38-25(9-17-13-35-23-7-3-1-5-20(17)23)30(44)39-26(10-18-14-36-24-8-4-2-6-21(18)24)31(45)40-27(32(46)47)11-19-15-34-16-37-19/h1-8,13-16,22,25-27,35-36H,9-12,33H2,(H,34,37)(H,38,43)(H,39,44)(H,40,45)(H,41,42)(H,46,47). The van der Waals surface area contributed by atoms with Crippen molar-refractivity contribution in [3.63, 3.8) is 0 Å². The maximum Gasteiger partial charge on any atom is 0.326 e. The highest BCUT2D eigenvalue weighted by Gasteiger charge is 2.32. The van der Waals surface area contributed by atoms with Crippen LogP contribution in [0.5, 0.6) is 0 Å². The summed E-state index contributed by atoms with van der Waals surface area (Å²) in [5, 5.41) is 28.4. The summed E-state index contributed by atoms with van der Waals surface area (Å²) in [5.74, 6) is -4.97. The molecule has 0 saturated carbocycles. The second-order valence-electron chi connectivity index (χ2n) is 11.1. The van der Waals surface area contributed by atoms with Gasteiger partial charge in [-0.15, -0.1) is 0 Å². The zero-order valence-electron chi connectivity index (χ0n) is 25.0. The number of hydrogen-bond donors (Lipinski definition) is 9. The van der Waals surface area contributed by atoms with Gasteiger partial charge >= 0.3 is 11.9 Å². The molecule has 0 saturated heterocycles. The normalized spacial score (nSPS) is 13.8. The van der Waals surface area contributed by atoms with Crippen LogP contribution in [0.25, 0.3) is 21.8 Å². The molecule has 5 rings (SSSR count). The van der Waals surface area contributed by atoms with Crippen LogP contribution in [-0.4, -0.2) is 84.0 Å². The number of imidazole rings is 1. The third kappa shape index (κ3) is 8.01. The van der Waals surface area contributed by atoms with Gasteiger partial charge in [-0.3, -0.25) is 19.2 Å². The monoisotopic (exact) mass is 642 g/mol. The van der Waals surface area contributed by atoms with Crippen molar-refractivity contribution in [2.45, 2.75) is 49.9 Å². The third-order valence-electron chi connectivity index (χ3n) is 7.79. The molecule has 4 unspecified atom stereocenters. The van der Waals surface area contributed by atoms with Crippen LogP contribution in [0.4, 0.5) is 0 Å². The van der Waals surface area contributed by atoms with Crippen LogP contribution >= 0.6 is 0 Å². The van der Waals surface area contributed by atoms with Crippen LogP contribution in [0.2, 0.25) is 0 Å². The number of carbonyl (C=O) groups is 5. The molecule has 0 bridgehead atoms. The first-order chi connectivity index (χ1) is 22.6. The van der Waals surface area contributed by atoms with E-state index in [-0.39, 0.29) is 19.3 Å². The SMILES string of the molecule is NC(CC(=O)O)C(=O)NC(Cc1c[nH]c2ccccc12)C(=O)NC(Cc1c[nH]c2ccccc12)C(=O)NC(Cc1cnc[nH]1)C(=O)O. The molecule has 0 aliphatic carbocycles. The highest BCUT2D eigenvalue weighted by molar-refractivity contribution is 5.96. The van der Waals surface area contributed by atoms with E-state index >= 15 is 0 Å². The summed E-state index contributed by atoms with van der Waals surface area (Å²) in [7, 11) is 0. The van der Waals surface area contributed by atoms with Crippen LogP contribution in [0.15, 0.2) is 73.4 Å². The summed E-state index contributed by atoms with van der Waals surface area (Å²) < 4.78 is 0. The van der Waals surface area contributed by atoms with E-state index < -0.39 is 60.2 Å². The predicted molar refractivity (Wildman–Crippen MR) is 170 cm³/mol. The van der Waals surface area contributed by atoms with Crippen molar-refractivity contribution in [3.05, 3.63) is 90.3 Å². The van der Waals surface area contributed by atoms with E-state index in [1.807, 2.05) is 48.5 Å². The van der Waals surface area contributed by atoms with Gasteiger partial charge in [0.2, 0.25) is 17.7 Å². The minimum absolute atomic E-state index is 0.0235. The van der Waals surface area contributed by atoms with Gasteiger partial charge in [-0.25, -0.2) is 9.78 Å². The zero-order chi connectivity index (χ0) is 33.5. The highest BCUT2D eigenvalue weighted by Crippen LogP contribution is 2.21. The number of para-hydroxylation sites is 2. The van der Waals surface area contributed by atoms with Gasteiger partial charge in [-0.2, -0.15) is 0 Å². The molecule has 2 aromatic carbocycles. The fraction of sp³-hybridized carbons (Fsp3) is 0.250. The minimum atomic E-state index is -1.44. The lowest BCUT2D eigenvalue weighted by molar-refractivity contribution is -0.142. The average Bonchev–Trinajstić information content (AvgIpc) is 3.80. The van der Waals surface area contributed by atoms with Gasteiger partial charge in [0, 0.05) is 65.4 Å². The summed E-state index contributed by atoms with van der Waals surface area (Å²) in [6, 6.07) is 9.37. The maximum atomic E-state index is 14.0. The number of nitrogens with two attached hydrogens (primary N) is 1. The molecular weight excluding hydrogens is 608 g/mol. The molecular formula is C32H34N8O7. The topological polar surface area (TPSA) is 248 Å². The molecule has 10 N–H and O–H groups in total. The first kappa shape index (κ1) is 32.4. The second kappa shape index (κ2) is 14.4. The number of rotatable bonds is 15. The molecule has 244 valence electrons. The largest absolute Gasteiger partial charge is 0.481 e. The predicted octanol–water partition coefficient (Wildman–Crippen LogP) is 0.741. The number of nitrogens with zero attached hydrogens (tertiary/aromatic N) is 1. The Kier molecular flexibility index (Phi) is 9.96. The van der Waals surface area contributed by atoms with Crippen molar-refractivity contribution >= 4 is 51.5 Å². The molecule has 3 heterocycles. The van der Waals surface area contributed by atoms with E-state index in [1.165, 1.54) is 12.5 Å². The summed E-state index contributed by atoms with van der Waals surface area (Å²) in [6.07, 6.45) is 5.43. The third-order valence-corrected chi connectivity index (χ3v) is 7.79. The van der Waals surface area contributed by atoms with E-state index in [2.05, 4.69) is 35.9 Å². The van der Waals surface area contributed by atoms with Crippen LogP contribution in [0.1, 0.15) is 23.2 Å². The van der Waals surface area contributed by atoms with Gasteiger partial charge in [0.25, 0.3) is 0 Å². The molecule has 0 spiro atoms. The van der Waals surface area contributed by atoms with Gasteiger partial charge in [-0.1, -0.05) is 36.4 Å². The lowest BCUT2D eigenvalue weighted by Crippen LogP contribution is -2.58. The number of carbonyl (C=O) groups excluding carboxylic acids is 3.